The number of rotatable bonds is 7. The SMILES string of the molecule is CCc1cc(Oc2cccc(C3CCCN(C(=O)CNC4CC4)C3)c2)cnn1. The Kier molecular flexibility index (Phi) is 5.86. The summed E-state index contributed by atoms with van der Waals surface area (Å²) in [4.78, 5) is 14.5. The highest BCUT2D eigenvalue weighted by Crippen LogP contribution is 2.31. The number of aromatic nitrogens is 2. The molecule has 0 radical (unpaired) electrons. The van der Waals surface area contributed by atoms with Crippen molar-refractivity contribution >= 4 is 5.91 Å². The Hall–Kier alpha value is -2.47. The minimum absolute atomic E-state index is 0.221. The average molecular weight is 380 g/mol. The van der Waals surface area contributed by atoms with E-state index in [1.807, 2.05) is 30.0 Å². The van der Waals surface area contributed by atoms with Crippen LogP contribution >= 0.6 is 0 Å². The van der Waals surface area contributed by atoms with Crippen LogP contribution in [0.5, 0.6) is 11.5 Å². The maximum atomic E-state index is 12.5. The standard InChI is InChI=1S/C22H28N4O2/c1-2-18-12-21(13-24-25-18)28-20-7-3-5-16(11-20)17-6-4-10-26(15-17)22(27)14-23-19-8-9-19/h3,5,7,11-13,17,19,23H,2,4,6,8-10,14-15H2,1H3. The van der Waals surface area contributed by atoms with Crippen molar-refractivity contribution in [1.82, 2.24) is 20.4 Å². The van der Waals surface area contributed by atoms with E-state index in [4.69, 9.17) is 4.74 Å². The summed E-state index contributed by atoms with van der Waals surface area (Å²) in [5.41, 5.74) is 2.14. The number of aryl methyl sites for hydroxylation is 1. The van der Waals surface area contributed by atoms with Crippen molar-refractivity contribution in [3.05, 3.63) is 47.8 Å². The largest absolute Gasteiger partial charge is 0.456 e. The van der Waals surface area contributed by atoms with Crippen molar-refractivity contribution in [2.24, 2.45) is 0 Å². The zero-order valence-electron chi connectivity index (χ0n) is 16.4. The van der Waals surface area contributed by atoms with Gasteiger partial charge in [-0.1, -0.05) is 19.1 Å². The molecule has 2 heterocycles. The van der Waals surface area contributed by atoms with E-state index in [9.17, 15) is 4.79 Å². The Bertz CT molecular complexity index is 822. The van der Waals surface area contributed by atoms with E-state index in [0.717, 1.165) is 43.8 Å². The predicted octanol–water partition coefficient (Wildman–Crippen LogP) is 3.29. The molecule has 1 aliphatic heterocycles. The van der Waals surface area contributed by atoms with Crippen molar-refractivity contribution in [2.75, 3.05) is 19.6 Å². The molecule has 148 valence electrons. The molecule has 1 saturated carbocycles. The van der Waals surface area contributed by atoms with E-state index in [1.54, 1.807) is 6.20 Å². The number of ether oxygens (including phenoxy) is 1. The smallest absolute Gasteiger partial charge is 0.236 e. The molecule has 0 bridgehead atoms. The van der Waals surface area contributed by atoms with Crippen molar-refractivity contribution in [3.63, 3.8) is 0 Å². The van der Waals surface area contributed by atoms with Gasteiger partial charge in [-0.05, 0) is 49.8 Å². The number of hydrogen-bond acceptors (Lipinski definition) is 5. The molecule has 28 heavy (non-hydrogen) atoms. The molecular formula is C22H28N4O2. The lowest BCUT2D eigenvalue weighted by Gasteiger charge is -2.33. The molecule has 1 saturated heterocycles. The van der Waals surface area contributed by atoms with E-state index >= 15 is 0 Å². The van der Waals surface area contributed by atoms with Gasteiger partial charge < -0.3 is 15.0 Å². The van der Waals surface area contributed by atoms with Crippen LogP contribution in [0.25, 0.3) is 0 Å². The number of benzene rings is 1. The number of amides is 1. The van der Waals surface area contributed by atoms with Gasteiger partial charge in [-0.15, -0.1) is 0 Å². The Labute approximate surface area is 166 Å². The van der Waals surface area contributed by atoms with Gasteiger partial charge in [0.05, 0.1) is 18.4 Å². The summed E-state index contributed by atoms with van der Waals surface area (Å²) in [5.74, 6) is 2.07. The summed E-state index contributed by atoms with van der Waals surface area (Å²) in [6.45, 7) is 4.16. The minimum Gasteiger partial charge on any atom is -0.456 e. The van der Waals surface area contributed by atoms with Crippen molar-refractivity contribution in [2.45, 2.75) is 51.0 Å². The first-order valence-corrected chi connectivity index (χ1v) is 10.3. The molecular weight excluding hydrogens is 352 g/mol. The normalized spacial score (nSPS) is 19.5. The lowest BCUT2D eigenvalue weighted by molar-refractivity contribution is -0.131. The third-order valence-electron chi connectivity index (χ3n) is 5.50. The van der Waals surface area contributed by atoms with Crippen LogP contribution in [0.15, 0.2) is 36.5 Å². The number of hydrogen-bond donors (Lipinski definition) is 1. The van der Waals surface area contributed by atoms with Crippen LogP contribution in [0, 0.1) is 0 Å². The fourth-order valence-corrected chi connectivity index (χ4v) is 3.69. The van der Waals surface area contributed by atoms with Gasteiger partial charge in [0.15, 0.2) is 0 Å². The number of likely N-dealkylation sites (tertiary alicyclic amines) is 1. The number of piperidine rings is 1. The second-order valence-electron chi connectivity index (χ2n) is 7.74. The highest BCUT2D eigenvalue weighted by Gasteiger charge is 2.27. The van der Waals surface area contributed by atoms with Gasteiger partial charge in [0, 0.05) is 31.1 Å². The van der Waals surface area contributed by atoms with Crippen molar-refractivity contribution < 1.29 is 9.53 Å². The van der Waals surface area contributed by atoms with Crippen molar-refractivity contribution in [3.8, 4) is 11.5 Å². The average Bonchev–Trinajstić information content (AvgIpc) is 3.57. The highest BCUT2D eigenvalue weighted by atomic mass is 16.5. The first kappa shape index (κ1) is 18.9. The van der Waals surface area contributed by atoms with Gasteiger partial charge in [-0.3, -0.25) is 4.79 Å². The molecule has 2 aliphatic rings. The van der Waals surface area contributed by atoms with Crippen LogP contribution in [0.3, 0.4) is 0 Å². The van der Waals surface area contributed by atoms with Crippen LogP contribution in [-0.2, 0) is 11.2 Å². The number of carbonyl (C=O) groups is 1. The third-order valence-corrected chi connectivity index (χ3v) is 5.50. The van der Waals surface area contributed by atoms with E-state index in [-0.39, 0.29) is 5.91 Å². The van der Waals surface area contributed by atoms with Gasteiger partial charge >= 0.3 is 0 Å². The molecule has 0 spiro atoms. The van der Waals surface area contributed by atoms with E-state index in [1.165, 1.54) is 18.4 Å². The Morgan fingerprint density at radius 2 is 2.14 bits per heavy atom. The summed E-state index contributed by atoms with van der Waals surface area (Å²) in [5, 5.41) is 11.4. The molecule has 6 heteroatoms. The fourth-order valence-electron chi connectivity index (χ4n) is 3.69. The third kappa shape index (κ3) is 4.87. The second kappa shape index (κ2) is 8.69. The summed E-state index contributed by atoms with van der Waals surface area (Å²) in [6, 6.07) is 10.7. The van der Waals surface area contributed by atoms with E-state index in [0.29, 0.717) is 24.3 Å². The summed E-state index contributed by atoms with van der Waals surface area (Å²) < 4.78 is 6.01. The molecule has 1 N–H and O–H groups in total. The molecule has 6 nitrogen and oxygen atoms in total. The van der Waals surface area contributed by atoms with Crippen LogP contribution in [0.4, 0.5) is 0 Å². The Morgan fingerprint density at radius 1 is 1.25 bits per heavy atom. The molecule has 1 aromatic heterocycles. The first-order valence-electron chi connectivity index (χ1n) is 10.3. The van der Waals surface area contributed by atoms with Gasteiger partial charge in [0.25, 0.3) is 0 Å². The zero-order valence-corrected chi connectivity index (χ0v) is 16.4. The minimum atomic E-state index is 0.221. The topological polar surface area (TPSA) is 67.3 Å². The second-order valence-corrected chi connectivity index (χ2v) is 7.74. The fraction of sp³-hybridized carbons (Fsp3) is 0.500. The van der Waals surface area contributed by atoms with Gasteiger partial charge in [-0.25, -0.2) is 0 Å². The molecule has 4 rings (SSSR count). The monoisotopic (exact) mass is 380 g/mol. The predicted molar refractivity (Wildman–Crippen MR) is 108 cm³/mol. The first-order chi connectivity index (χ1) is 13.7. The number of carbonyl (C=O) groups excluding carboxylic acids is 1. The van der Waals surface area contributed by atoms with Crippen LogP contribution in [0.2, 0.25) is 0 Å². The lowest BCUT2D eigenvalue weighted by Crippen LogP contribution is -2.43. The van der Waals surface area contributed by atoms with Gasteiger partial charge in [0.2, 0.25) is 5.91 Å². The number of nitrogens with one attached hydrogen (secondary N) is 1. The van der Waals surface area contributed by atoms with Crippen LogP contribution in [0.1, 0.15) is 49.8 Å². The molecule has 1 amide bonds. The van der Waals surface area contributed by atoms with Crippen LogP contribution in [-0.4, -0.2) is 46.7 Å². The Morgan fingerprint density at radius 3 is 2.96 bits per heavy atom. The molecule has 1 aliphatic carbocycles. The van der Waals surface area contributed by atoms with Gasteiger partial charge in [-0.2, -0.15) is 10.2 Å². The summed E-state index contributed by atoms with van der Waals surface area (Å²) in [6.07, 6.45) is 7.01. The number of nitrogens with zero attached hydrogens (tertiary/aromatic N) is 3. The maximum Gasteiger partial charge on any atom is 0.236 e. The van der Waals surface area contributed by atoms with Crippen molar-refractivity contribution in [1.29, 1.82) is 0 Å². The summed E-state index contributed by atoms with van der Waals surface area (Å²) >= 11 is 0. The Balaban J connectivity index is 1.40. The highest BCUT2D eigenvalue weighted by molar-refractivity contribution is 5.78. The van der Waals surface area contributed by atoms with Gasteiger partial charge in [0.1, 0.15) is 11.5 Å². The summed E-state index contributed by atoms with van der Waals surface area (Å²) in [7, 11) is 0. The lowest BCUT2D eigenvalue weighted by atomic mass is 9.90. The molecule has 2 fully saturated rings. The molecule has 1 unspecified atom stereocenters. The van der Waals surface area contributed by atoms with Crippen LogP contribution < -0.4 is 10.1 Å². The molecule has 2 aromatic rings. The van der Waals surface area contributed by atoms with E-state index in [2.05, 4.69) is 27.6 Å². The zero-order chi connectivity index (χ0) is 19.3. The molecule has 1 aromatic carbocycles. The van der Waals surface area contributed by atoms with E-state index < -0.39 is 0 Å². The molecule has 1 atom stereocenters. The maximum absolute atomic E-state index is 12.5. The quantitative estimate of drug-likeness (QED) is 0.798.